The molecule has 8 N–H and O–H groups in total. The highest BCUT2D eigenvalue weighted by Gasteiger charge is 2.35. The molecule has 2 aliphatic rings. The van der Waals surface area contributed by atoms with Gasteiger partial charge in [-0.05, 0) is 40.1 Å². The number of nitrogens with one attached hydrogen (secondary N) is 6. The van der Waals surface area contributed by atoms with Crippen molar-refractivity contribution in [3.63, 3.8) is 0 Å². The molecule has 6 rings (SSSR count). The Kier molecular flexibility index (Phi) is 5.17. The monoisotopic (exact) mass is 552 g/mol. The van der Waals surface area contributed by atoms with E-state index in [1.807, 2.05) is 0 Å². The Morgan fingerprint density at radius 3 is 2.89 bits per heavy atom. The van der Waals surface area contributed by atoms with E-state index in [4.69, 9.17) is 10.7 Å². The minimum atomic E-state index is -0.545. The number of nitrogen functional groups attached to an aromatic ring is 1. The van der Waals surface area contributed by atoms with E-state index in [2.05, 4.69) is 51.5 Å². The smallest absolute Gasteiger partial charge is 0.277 e. The molecular formula is C22H21BrN10O3. The maximum atomic E-state index is 13.8. The fourth-order valence-electron chi connectivity index (χ4n) is 4.77. The van der Waals surface area contributed by atoms with Gasteiger partial charge in [0.25, 0.3) is 17.4 Å². The van der Waals surface area contributed by atoms with Crippen LogP contribution in [0.4, 0.5) is 5.95 Å². The van der Waals surface area contributed by atoms with E-state index >= 15 is 0 Å². The lowest BCUT2D eigenvalue weighted by Gasteiger charge is -2.19. The van der Waals surface area contributed by atoms with E-state index in [9.17, 15) is 14.4 Å². The van der Waals surface area contributed by atoms with Crippen LogP contribution < -0.4 is 32.9 Å². The highest BCUT2D eigenvalue weighted by Crippen LogP contribution is 2.30. The van der Waals surface area contributed by atoms with Crippen LogP contribution in [0.2, 0.25) is 0 Å². The van der Waals surface area contributed by atoms with E-state index < -0.39 is 12.1 Å². The summed E-state index contributed by atoms with van der Waals surface area (Å²) in [5, 5.41) is 6.08. The average Bonchev–Trinajstić information content (AvgIpc) is 3.66. The van der Waals surface area contributed by atoms with Crippen LogP contribution in [0.1, 0.15) is 50.7 Å². The number of nitrogens with two attached hydrogens (primary N) is 1. The topological polar surface area (TPSA) is 195 Å². The zero-order chi connectivity index (χ0) is 25.0. The Morgan fingerprint density at radius 2 is 2.14 bits per heavy atom. The predicted molar refractivity (Wildman–Crippen MR) is 132 cm³/mol. The van der Waals surface area contributed by atoms with Crippen LogP contribution >= 0.6 is 15.9 Å². The van der Waals surface area contributed by atoms with Crippen LogP contribution in [0.25, 0.3) is 5.57 Å². The zero-order valence-corrected chi connectivity index (χ0v) is 20.3. The second-order valence-corrected chi connectivity index (χ2v) is 9.47. The lowest BCUT2D eigenvalue weighted by molar-refractivity contribution is 0.0937. The van der Waals surface area contributed by atoms with Crippen molar-refractivity contribution < 1.29 is 9.59 Å². The first-order valence-corrected chi connectivity index (χ1v) is 12.0. The van der Waals surface area contributed by atoms with Gasteiger partial charge in [0.15, 0.2) is 5.95 Å². The molecule has 0 aromatic carbocycles. The van der Waals surface area contributed by atoms with Gasteiger partial charge in [0, 0.05) is 35.5 Å². The third kappa shape index (κ3) is 3.57. The van der Waals surface area contributed by atoms with Crippen LogP contribution in [0.5, 0.6) is 0 Å². The van der Waals surface area contributed by atoms with Gasteiger partial charge in [-0.2, -0.15) is 0 Å². The van der Waals surface area contributed by atoms with Crippen molar-refractivity contribution in [2.24, 2.45) is 4.99 Å². The van der Waals surface area contributed by atoms with Crippen molar-refractivity contribution in [2.45, 2.75) is 18.5 Å². The molecule has 0 radical (unpaired) electrons. The molecule has 4 aromatic rings. The first-order valence-electron chi connectivity index (χ1n) is 11.2. The van der Waals surface area contributed by atoms with Gasteiger partial charge in [-0.3, -0.25) is 19.0 Å². The van der Waals surface area contributed by atoms with Gasteiger partial charge in [0.1, 0.15) is 22.8 Å². The molecule has 0 spiro atoms. The first kappa shape index (κ1) is 22.2. The molecule has 6 heterocycles. The Labute approximate surface area is 210 Å². The number of carbonyl (C=O) groups is 2. The molecule has 4 aromatic heterocycles. The van der Waals surface area contributed by atoms with Gasteiger partial charge in [-0.25, -0.2) is 9.98 Å². The predicted octanol–water partition coefficient (Wildman–Crippen LogP) is -0.421. The van der Waals surface area contributed by atoms with Gasteiger partial charge in [-0.1, -0.05) is 0 Å². The third-order valence-electron chi connectivity index (χ3n) is 6.41. The standard InChI is InChI=1S/C22H21BrN10O3/c23-9-5-12(27-6-9)18(34)28-8-14-17(13-7-29-21(24)30-13)32-22-31-16(20(36)33(14)22)11-2-4-26-19(35)15-10(11)1-3-25-15/h1,3,5-7,14,17,25,27H,2,4,8H2,(H,26,35)(H,28,34)(H,31,32)(H3,24,29,30). The van der Waals surface area contributed by atoms with Crippen molar-refractivity contribution in [2.75, 3.05) is 18.8 Å². The number of halogens is 1. The lowest BCUT2D eigenvalue weighted by Crippen LogP contribution is -2.40. The van der Waals surface area contributed by atoms with E-state index in [1.54, 1.807) is 35.3 Å². The summed E-state index contributed by atoms with van der Waals surface area (Å²) in [7, 11) is 0. The molecule has 0 bridgehead atoms. The SMILES string of the molecule is Nc1ncc(C2N=c3[nH]c(=C4CCNC(=O)c5[nH]ccc54)c(=O)n3C2CNC(=O)c2cc(Br)c[nH]2)[nH]1. The van der Waals surface area contributed by atoms with Gasteiger partial charge in [0.05, 0.1) is 17.9 Å². The summed E-state index contributed by atoms with van der Waals surface area (Å²) in [6.45, 7) is 0.514. The second-order valence-electron chi connectivity index (χ2n) is 8.56. The quantitative estimate of drug-likeness (QED) is 0.180. The molecule has 0 fully saturated rings. The number of hydrogen-bond donors (Lipinski definition) is 7. The van der Waals surface area contributed by atoms with Crippen LogP contribution in [0.15, 0.2) is 45.0 Å². The normalized spacial score (nSPS) is 20.3. The Hall–Kier alpha value is -4.33. The number of anilines is 1. The average molecular weight is 553 g/mol. The Balaban J connectivity index is 1.44. The van der Waals surface area contributed by atoms with Crippen molar-refractivity contribution in [3.8, 4) is 0 Å². The van der Waals surface area contributed by atoms with E-state index in [0.717, 1.165) is 4.47 Å². The summed E-state index contributed by atoms with van der Waals surface area (Å²) in [6, 6.07) is 2.38. The molecule has 0 saturated carbocycles. The van der Waals surface area contributed by atoms with E-state index in [0.29, 0.717) is 52.2 Å². The number of fused-ring (bicyclic) bond motifs is 2. The van der Waals surface area contributed by atoms with Crippen LogP contribution in [0, 0.1) is 0 Å². The summed E-state index contributed by atoms with van der Waals surface area (Å²) in [6.07, 6.45) is 5.37. The summed E-state index contributed by atoms with van der Waals surface area (Å²) < 4.78 is 2.29. The van der Waals surface area contributed by atoms with Crippen molar-refractivity contribution in [1.29, 1.82) is 0 Å². The molecule has 2 unspecified atom stereocenters. The summed E-state index contributed by atoms with van der Waals surface area (Å²) in [4.78, 5) is 59.6. The minimum absolute atomic E-state index is 0.123. The van der Waals surface area contributed by atoms with Crippen LogP contribution in [-0.2, 0) is 0 Å². The Morgan fingerprint density at radius 1 is 1.28 bits per heavy atom. The number of H-pyrrole nitrogens is 4. The maximum absolute atomic E-state index is 13.8. The van der Waals surface area contributed by atoms with E-state index in [-0.39, 0.29) is 29.9 Å². The third-order valence-corrected chi connectivity index (χ3v) is 6.87. The molecule has 184 valence electrons. The molecule has 0 saturated heterocycles. The van der Waals surface area contributed by atoms with Gasteiger partial charge in [-0.15, -0.1) is 0 Å². The molecule has 13 nitrogen and oxygen atoms in total. The zero-order valence-electron chi connectivity index (χ0n) is 18.7. The number of aromatic amines is 4. The fourth-order valence-corrected chi connectivity index (χ4v) is 5.12. The largest absolute Gasteiger partial charge is 0.369 e. The molecule has 0 aliphatic carbocycles. The second kappa shape index (κ2) is 8.41. The highest BCUT2D eigenvalue weighted by molar-refractivity contribution is 9.10. The van der Waals surface area contributed by atoms with Gasteiger partial charge >= 0.3 is 0 Å². The number of amides is 2. The van der Waals surface area contributed by atoms with Gasteiger partial charge in [0.2, 0.25) is 5.62 Å². The van der Waals surface area contributed by atoms with Gasteiger partial charge < -0.3 is 36.3 Å². The number of rotatable bonds is 4. The van der Waals surface area contributed by atoms with Crippen molar-refractivity contribution >= 4 is 39.3 Å². The summed E-state index contributed by atoms with van der Waals surface area (Å²) in [5.41, 5.74) is 8.65. The number of carbonyl (C=O) groups excluding carboxylic acids is 2. The maximum Gasteiger partial charge on any atom is 0.277 e. The Bertz CT molecular complexity index is 1690. The van der Waals surface area contributed by atoms with E-state index in [1.165, 1.54) is 0 Å². The van der Waals surface area contributed by atoms with Crippen molar-refractivity contribution in [3.05, 3.63) is 79.2 Å². The van der Waals surface area contributed by atoms with Crippen LogP contribution in [0.3, 0.4) is 0 Å². The number of nitrogens with zero attached hydrogens (tertiary/aromatic N) is 3. The highest BCUT2D eigenvalue weighted by atomic mass is 79.9. The lowest BCUT2D eigenvalue weighted by atomic mass is 10.0. The molecule has 36 heavy (non-hydrogen) atoms. The molecule has 2 amide bonds. The molecule has 2 aliphatic heterocycles. The first-order chi connectivity index (χ1) is 17.4. The number of aromatic nitrogens is 6. The molecule has 2 atom stereocenters. The van der Waals surface area contributed by atoms with Crippen LogP contribution in [-0.4, -0.2) is 54.4 Å². The number of hydrogen-bond acceptors (Lipinski definition) is 6. The summed E-state index contributed by atoms with van der Waals surface area (Å²) in [5.74, 6) is -0.308. The molecular weight excluding hydrogens is 532 g/mol. The van der Waals surface area contributed by atoms with Crippen molar-refractivity contribution in [1.82, 2.24) is 40.1 Å². The minimum Gasteiger partial charge on any atom is -0.369 e. The summed E-state index contributed by atoms with van der Waals surface area (Å²) >= 11 is 3.32. The number of imidazole rings is 2. The molecule has 14 heteroatoms. The fraction of sp³-hybridized carbons (Fsp3) is 0.227.